The Kier molecular flexibility index (Phi) is 5.21. The van der Waals surface area contributed by atoms with E-state index < -0.39 is 5.91 Å². The molecule has 0 radical (unpaired) electrons. The molecule has 2 N–H and O–H groups in total. The van der Waals surface area contributed by atoms with Gasteiger partial charge in [0.05, 0.1) is 12.2 Å². The zero-order valence-electron chi connectivity index (χ0n) is 17.1. The van der Waals surface area contributed by atoms with Gasteiger partial charge in [-0.25, -0.2) is 9.97 Å². The molecule has 0 aromatic carbocycles. The van der Waals surface area contributed by atoms with Gasteiger partial charge < -0.3 is 15.0 Å². The molecule has 0 unspecified atom stereocenters. The summed E-state index contributed by atoms with van der Waals surface area (Å²) in [6.07, 6.45) is 9.62. The summed E-state index contributed by atoms with van der Waals surface area (Å²) in [6.45, 7) is 2.14. The van der Waals surface area contributed by atoms with Crippen molar-refractivity contribution in [1.29, 1.82) is 0 Å². The van der Waals surface area contributed by atoms with Gasteiger partial charge in [0.25, 0.3) is 11.5 Å². The average Bonchev–Trinajstić information content (AvgIpc) is 3.52. The molecule has 0 bridgehead atoms. The van der Waals surface area contributed by atoms with E-state index in [2.05, 4.69) is 32.9 Å². The number of imidazole rings is 1. The Morgan fingerprint density at radius 3 is 2.84 bits per heavy atom. The normalized spacial score (nSPS) is 13.7. The Bertz CT molecular complexity index is 1300. The largest absolute Gasteiger partial charge is 0.345 e. The molecule has 31 heavy (non-hydrogen) atoms. The number of rotatable bonds is 8. The number of amides is 1. The third-order valence-electron chi connectivity index (χ3n) is 5.55. The Hall–Kier alpha value is -3.52. The molecule has 158 valence electrons. The van der Waals surface area contributed by atoms with E-state index in [1.165, 1.54) is 35.3 Å². The van der Waals surface area contributed by atoms with E-state index in [9.17, 15) is 9.59 Å². The number of carbonyl (C=O) groups excluding carboxylic acids is 1. The van der Waals surface area contributed by atoms with E-state index in [1.54, 1.807) is 24.4 Å². The van der Waals surface area contributed by atoms with Crippen molar-refractivity contribution in [2.75, 3.05) is 6.54 Å². The van der Waals surface area contributed by atoms with Crippen LogP contribution >= 0.6 is 0 Å². The maximum absolute atomic E-state index is 12.5. The molecule has 0 aliphatic heterocycles. The standard InChI is InChI=1S/C23H24N6O2/c30-22-11-19(27-21-3-1-2-10-29(21)22)23(31)25-13-18-15-28-14-17(6-7-20(28)26-18)12-24-9-8-16-4-5-16/h1-3,6-7,10-11,14-16,24H,4-5,8-9,12-13H2,(H,25,31). The van der Waals surface area contributed by atoms with Crippen LogP contribution < -0.4 is 16.2 Å². The van der Waals surface area contributed by atoms with E-state index in [-0.39, 0.29) is 17.8 Å². The first kappa shape index (κ1) is 19.4. The number of hydrogen-bond acceptors (Lipinski definition) is 5. The van der Waals surface area contributed by atoms with Gasteiger partial charge in [0.2, 0.25) is 0 Å². The van der Waals surface area contributed by atoms with Gasteiger partial charge in [-0.1, -0.05) is 25.0 Å². The smallest absolute Gasteiger partial charge is 0.270 e. The number of carbonyl (C=O) groups is 1. The lowest BCUT2D eigenvalue weighted by atomic mass is 10.2. The number of fused-ring (bicyclic) bond motifs is 2. The highest BCUT2D eigenvalue weighted by Gasteiger charge is 2.19. The van der Waals surface area contributed by atoms with Crippen LogP contribution in [0.15, 0.2) is 59.8 Å². The van der Waals surface area contributed by atoms with E-state index in [1.807, 2.05) is 16.7 Å². The van der Waals surface area contributed by atoms with E-state index >= 15 is 0 Å². The summed E-state index contributed by atoms with van der Waals surface area (Å²) in [5.41, 5.74) is 3.00. The molecule has 1 aliphatic carbocycles. The van der Waals surface area contributed by atoms with Crippen molar-refractivity contribution >= 4 is 17.2 Å². The first-order chi connectivity index (χ1) is 15.2. The number of nitrogens with zero attached hydrogens (tertiary/aromatic N) is 4. The zero-order valence-corrected chi connectivity index (χ0v) is 17.1. The lowest BCUT2D eigenvalue weighted by molar-refractivity contribution is 0.0945. The lowest BCUT2D eigenvalue weighted by Gasteiger charge is -2.05. The highest BCUT2D eigenvalue weighted by Crippen LogP contribution is 2.31. The van der Waals surface area contributed by atoms with Crippen molar-refractivity contribution in [2.45, 2.75) is 32.4 Å². The molecule has 1 fully saturated rings. The van der Waals surface area contributed by atoms with E-state index in [4.69, 9.17) is 0 Å². The van der Waals surface area contributed by atoms with Crippen LogP contribution in [0, 0.1) is 5.92 Å². The fourth-order valence-electron chi connectivity index (χ4n) is 3.66. The highest BCUT2D eigenvalue weighted by molar-refractivity contribution is 5.92. The van der Waals surface area contributed by atoms with Gasteiger partial charge in [0, 0.05) is 31.2 Å². The predicted molar refractivity (Wildman–Crippen MR) is 117 cm³/mol. The van der Waals surface area contributed by atoms with E-state index in [0.29, 0.717) is 5.65 Å². The van der Waals surface area contributed by atoms with Gasteiger partial charge in [-0.15, -0.1) is 0 Å². The molecule has 5 rings (SSSR count). The number of hydrogen-bond donors (Lipinski definition) is 2. The monoisotopic (exact) mass is 416 g/mol. The van der Waals surface area contributed by atoms with Gasteiger partial charge in [-0.3, -0.25) is 14.0 Å². The highest BCUT2D eigenvalue weighted by atomic mass is 16.2. The van der Waals surface area contributed by atoms with Crippen molar-refractivity contribution in [3.63, 3.8) is 0 Å². The lowest BCUT2D eigenvalue weighted by Crippen LogP contribution is -2.27. The Labute approximate surface area is 179 Å². The first-order valence-corrected chi connectivity index (χ1v) is 10.6. The molecule has 8 heteroatoms. The van der Waals surface area contributed by atoms with Crippen molar-refractivity contribution < 1.29 is 4.79 Å². The quantitative estimate of drug-likeness (QED) is 0.430. The fraction of sp³-hybridized carbons (Fsp3) is 0.304. The Morgan fingerprint density at radius 2 is 1.97 bits per heavy atom. The summed E-state index contributed by atoms with van der Waals surface area (Å²) < 4.78 is 3.37. The average molecular weight is 416 g/mol. The van der Waals surface area contributed by atoms with Crippen LogP contribution in [0.3, 0.4) is 0 Å². The third kappa shape index (κ3) is 4.49. The molecule has 1 aliphatic rings. The molecular weight excluding hydrogens is 392 g/mol. The second-order valence-corrected chi connectivity index (χ2v) is 8.04. The molecule has 4 heterocycles. The van der Waals surface area contributed by atoms with Crippen molar-refractivity contribution in [3.8, 4) is 0 Å². The summed E-state index contributed by atoms with van der Waals surface area (Å²) in [6, 6.07) is 10.5. The minimum absolute atomic E-state index is 0.0968. The van der Waals surface area contributed by atoms with Crippen LogP contribution in [0.2, 0.25) is 0 Å². The number of nitrogens with one attached hydrogen (secondary N) is 2. The number of pyridine rings is 2. The van der Waals surface area contributed by atoms with Gasteiger partial charge >= 0.3 is 0 Å². The van der Waals surface area contributed by atoms with Gasteiger partial charge in [-0.2, -0.15) is 0 Å². The van der Waals surface area contributed by atoms with Crippen LogP contribution in [-0.4, -0.2) is 31.2 Å². The molecule has 8 nitrogen and oxygen atoms in total. The molecular formula is C23H24N6O2. The van der Waals surface area contributed by atoms with Crippen LogP contribution in [-0.2, 0) is 13.1 Å². The minimum Gasteiger partial charge on any atom is -0.345 e. The zero-order chi connectivity index (χ0) is 21.2. The molecule has 1 saturated carbocycles. The van der Waals surface area contributed by atoms with Crippen LogP contribution in [0.4, 0.5) is 0 Å². The second kappa shape index (κ2) is 8.31. The van der Waals surface area contributed by atoms with Crippen LogP contribution in [0.1, 0.15) is 41.0 Å². The van der Waals surface area contributed by atoms with E-state index in [0.717, 1.165) is 30.3 Å². The maximum Gasteiger partial charge on any atom is 0.270 e. The Balaban J connectivity index is 1.22. The van der Waals surface area contributed by atoms with Crippen molar-refractivity contribution in [1.82, 2.24) is 29.4 Å². The molecule has 4 aromatic heterocycles. The van der Waals surface area contributed by atoms with Gasteiger partial charge in [-0.05, 0) is 42.6 Å². The van der Waals surface area contributed by atoms with Gasteiger partial charge in [0.15, 0.2) is 0 Å². The van der Waals surface area contributed by atoms with Gasteiger partial charge in [0.1, 0.15) is 17.0 Å². The summed E-state index contributed by atoms with van der Waals surface area (Å²) in [5, 5.41) is 6.30. The molecule has 1 amide bonds. The minimum atomic E-state index is -0.402. The SMILES string of the molecule is O=C(NCc1cn2cc(CNCCC3CC3)ccc2n1)c1cc(=O)n2ccccc2n1. The number of aromatic nitrogens is 4. The van der Waals surface area contributed by atoms with Crippen LogP contribution in [0.5, 0.6) is 0 Å². The maximum atomic E-state index is 12.5. The summed E-state index contributed by atoms with van der Waals surface area (Å²) in [7, 11) is 0. The molecule has 0 spiro atoms. The first-order valence-electron chi connectivity index (χ1n) is 10.6. The van der Waals surface area contributed by atoms with Crippen molar-refractivity contribution in [3.05, 3.63) is 82.3 Å². The molecule has 4 aromatic rings. The summed E-state index contributed by atoms with van der Waals surface area (Å²) in [4.78, 5) is 33.5. The van der Waals surface area contributed by atoms with Crippen LogP contribution in [0.25, 0.3) is 11.3 Å². The van der Waals surface area contributed by atoms with Crippen molar-refractivity contribution in [2.24, 2.45) is 5.92 Å². The fourth-order valence-corrected chi connectivity index (χ4v) is 3.66. The topological polar surface area (TPSA) is 92.8 Å². The predicted octanol–water partition coefficient (Wildman–Crippen LogP) is 2.16. The third-order valence-corrected chi connectivity index (χ3v) is 5.55. The summed E-state index contributed by atoms with van der Waals surface area (Å²) in [5.74, 6) is 0.534. The molecule has 0 saturated heterocycles. The summed E-state index contributed by atoms with van der Waals surface area (Å²) >= 11 is 0. The Morgan fingerprint density at radius 1 is 1.06 bits per heavy atom. The molecule has 0 atom stereocenters. The second-order valence-electron chi connectivity index (χ2n) is 8.04.